The van der Waals surface area contributed by atoms with Gasteiger partial charge in [-0.2, -0.15) is 0 Å². The Morgan fingerprint density at radius 3 is 2.89 bits per heavy atom. The third-order valence-electron chi connectivity index (χ3n) is 1.36. The van der Waals surface area contributed by atoms with Crippen LogP contribution in [-0.4, -0.2) is 17.5 Å². The largest absolute Gasteiger partial charge is 0.285 e. The predicted octanol–water partition coefficient (Wildman–Crippen LogP) is 1.38. The van der Waals surface area contributed by atoms with Crippen LogP contribution in [0.3, 0.4) is 0 Å². The number of rotatable bonds is 1. The minimum atomic E-state index is -0.328. The molecule has 0 saturated carbocycles. The number of nitrogens with zero attached hydrogens (tertiary/aromatic N) is 1. The Kier molecular flexibility index (Phi) is 2.22. The number of carbonyl (C=O) groups excluding carboxylic acids is 1. The zero-order valence-electron chi connectivity index (χ0n) is 5.01. The summed E-state index contributed by atoms with van der Waals surface area (Å²) in [5.74, 6) is 0. The van der Waals surface area contributed by atoms with E-state index in [1.165, 1.54) is 0 Å². The van der Waals surface area contributed by atoms with E-state index in [1.54, 1.807) is 6.21 Å². The summed E-state index contributed by atoms with van der Waals surface area (Å²) in [6.07, 6.45) is 4.61. The van der Waals surface area contributed by atoms with Gasteiger partial charge in [-0.1, -0.05) is 0 Å². The van der Waals surface area contributed by atoms with Crippen LogP contribution in [0.25, 0.3) is 0 Å². The first kappa shape index (κ1) is 6.75. The molecule has 2 nitrogen and oxygen atoms in total. The van der Waals surface area contributed by atoms with Crippen LogP contribution in [0.15, 0.2) is 4.99 Å². The average Bonchev–Trinajstić information content (AvgIpc) is 1.90. The summed E-state index contributed by atoms with van der Waals surface area (Å²) in [6.45, 7) is 0. The molecule has 0 fully saturated rings. The van der Waals surface area contributed by atoms with Gasteiger partial charge < -0.3 is 0 Å². The van der Waals surface area contributed by atoms with Crippen LogP contribution >= 0.6 is 11.6 Å². The highest BCUT2D eigenvalue weighted by Crippen LogP contribution is 2.11. The third-order valence-corrected chi connectivity index (χ3v) is 1.61. The van der Waals surface area contributed by atoms with Crippen molar-refractivity contribution in [2.24, 2.45) is 4.99 Å². The SMILES string of the molecule is O=C(Cl)C1CCCC=N1. The Bertz CT molecular complexity index is 144. The Balaban J connectivity index is 2.50. The van der Waals surface area contributed by atoms with Crippen LogP contribution in [0, 0.1) is 0 Å². The molecule has 3 heteroatoms. The smallest absolute Gasteiger partial charge is 0.246 e. The number of hydrogen-bond donors (Lipinski definition) is 0. The van der Waals surface area contributed by atoms with Gasteiger partial charge in [-0.15, -0.1) is 0 Å². The van der Waals surface area contributed by atoms with Crippen molar-refractivity contribution in [1.29, 1.82) is 0 Å². The molecule has 0 saturated heterocycles. The molecule has 0 spiro atoms. The van der Waals surface area contributed by atoms with Gasteiger partial charge in [-0.25, -0.2) is 0 Å². The second-order valence-corrected chi connectivity index (χ2v) is 2.45. The first-order chi connectivity index (χ1) is 4.30. The molecule has 1 aliphatic rings. The highest BCUT2D eigenvalue weighted by Gasteiger charge is 2.15. The van der Waals surface area contributed by atoms with Gasteiger partial charge >= 0.3 is 0 Å². The first-order valence-corrected chi connectivity index (χ1v) is 3.39. The van der Waals surface area contributed by atoms with E-state index in [4.69, 9.17) is 11.6 Å². The van der Waals surface area contributed by atoms with Crippen LogP contribution in [0.4, 0.5) is 0 Å². The van der Waals surface area contributed by atoms with Crippen LogP contribution in [-0.2, 0) is 4.79 Å². The second kappa shape index (κ2) is 2.97. The van der Waals surface area contributed by atoms with Crippen LogP contribution in [0.1, 0.15) is 19.3 Å². The van der Waals surface area contributed by atoms with Gasteiger partial charge in [0.2, 0.25) is 5.24 Å². The fourth-order valence-corrected chi connectivity index (χ4v) is 1.02. The van der Waals surface area contributed by atoms with Crippen molar-refractivity contribution >= 4 is 23.1 Å². The standard InChI is InChI=1S/C6H8ClNO/c7-6(9)5-3-1-2-4-8-5/h4-5H,1-3H2. The normalized spacial score (nSPS) is 26.1. The highest BCUT2D eigenvalue weighted by atomic mass is 35.5. The third kappa shape index (κ3) is 1.79. The molecule has 0 aliphatic carbocycles. The van der Waals surface area contributed by atoms with Gasteiger partial charge in [0.25, 0.3) is 0 Å². The van der Waals surface area contributed by atoms with Crippen molar-refractivity contribution in [2.75, 3.05) is 0 Å². The summed E-state index contributed by atoms with van der Waals surface area (Å²) in [5.41, 5.74) is 0. The molecule has 0 radical (unpaired) electrons. The topological polar surface area (TPSA) is 29.4 Å². The molecule has 9 heavy (non-hydrogen) atoms. The quantitative estimate of drug-likeness (QED) is 0.513. The van der Waals surface area contributed by atoms with E-state index in [1.807, 2.05) is 0 Å². The van der Waals surface area contributed by atoms with E-state index in [0.717, 1.165) is 19.3 Å². The molecule has 1 atom stereocenters. The molecule has 1 unspecified atom stereocenters. The molecule has 0 N–H and O–H groups in total. The van der Waals surface area contributed by atoms with E-state index >= 15 is 0 Å². The van der Waals surface area contributed by atoms with Crippen molar-refractivity contribution in [3.8, 4) is 0 Å². The van der Waals surface area contributed by atoms with Crippen LogP contribution < -0.4 is 0 Å². The van der Waals surface area contributed by atoms with E-state index < -0.39 is 0 Å². The maximum atomic E-state index is 10.5. The lowest BCUT2D eigenvalue weighted by Crippen LogP contribution is -2.15. The molecule has 1 rings (SSSR count). The number of aliphatic imine (C=N–C) groups is 1. The fraction of sp³-hybridized carbons (Fsp3) is 0.667. The van der Waals surface area contributed by atoms with Crippen molar-refractivity contribution < 1.29 is 4.79 Å². The first-order valence-electron chi connectivity index (χ1n) is 3.01. The lowest BCUT2D eigenvalue weighted by molar-refractivity contribution is -0.112. The number of hydrogen-bond acceptors (Lipinski definition) is 2. The molecule has 0 aromatic rings. The minimum absolute atomic E-state index is 0.250. The lowest BCUT2D eigenvalue weighted by Gasteiger charge is -2.09. The summed E-state index contributed by atoms with van der Waals surface area (Å²) in [7, 11) is 0. The van der Waals surface area contributed by atoms with Crippen molar-refractivity contribution in [3.05, 3.63) is 0 Å². The summed E-state index contributed by atoms with van der Waals surface area (Å²) in [6, 6.07) is -0.250. The number of carbonyl (C=O) groups is 1. The molecule has 1 heterocycles. The van der Waals surface area contributed by atoms with E-state index in [9.17, 15) is 4.79 Å². The fourth-order valence-electron chi connectivity index (χ4n) is 0.851. The summed E-state index contributed by atoms with van der Waals surface area (Å²) in [5, 5.41) is -0.328. The summed E-state index contributed by atoms with van der Waals surface area (Å²) in [4.78, 5) is 14.4. The molecule has 50 valence electrons. The van der Waals surface area contributed by atoms with E-state index in [2.05, 4.69) is 4.99 Å². The lowest BCUT2D eigenvalue weighted by atomic mass is 10.1. The zero-order valence-corrected chi connectivity index (χ0v) is 5.77. The van der Waals surface area contributed by atoms with Crippen LogP contribution in [0.2, 0.25) is 0 Å². The van der Waals surface area contributed by atoms with E-state index in [0.29, 0.717) is 0 Å². The monoisotopic (exact) mass is 145 g/mol. The second-order valence-electron chi connectivity index (χ2n) is 2.08. The molecule has 0 aromatic carbocycles. The predicted molar refractivity (Wildman–Crippen MR) is 37.0 cm³/mol. The molecular formula is C6H8ClNO. The Morgan fingerprint density at radius 1 is 1.78 bits per heavy atom. The Morgan fingerprint density at radius 2 is 2.56 bits per heavy atom. The van der Waals surface area contributed by atoms with E-state index in [-0.39, 0.29) is 11.3 Å². The maximum Gasteiger partial charge on any atom is 0.246 e. The van der Waals surface area contributed by atoms with Gasteiger partial charge in [0.05, 0.1) is 0 Å². The summed E-state index contributed by atoms with van der Waals surface area (Å²) >= 11 is 5.20. The summed E-state index contributed by atoms with van der Waals surface area (Å²) < 4.78 is 0. The van der Waals surface area contributed by atoms with Crippen LogP contribution in [0.5, 0.6) is 0 Å². The molecule has 0 aromatic heterocycles. The van der Waals surface area contributed by atoms with Crippen molar-refractivity contribution in [2.45, 2.75) is 25.3 Å². The van der Waals surface area contributed by atoms with Crippen molar-refractivity contribution in [1.82, 2.24) is 0 Å². The van der Waals surface area contributed by atoms with Gasteiger partial charge in [0.1, 0.15) is 6.04 Å². The van der Waals surface area contributed by atoms with Gasteiger partial charge in [-0.05, 0) is 37.1 Å². The van der Waals surface area contributed by atoms with Gasteiger partial charge in [0, 0.05) is 0 Å². The number of halogens is 1. The van der Waals surface area contributed by atoms with Gasteiger partial charge in [-0.3, -0.25) is 9.79 Å². The minimum Gasteiger partial charge on any atom is -0.285 e. The Hall–Kier alpha value is -0.370. The van der Waals surface area contributed by atoms with Gasteiger partial charge in [0.15, 0.2) is 0 Å². The van der Waals surface area contributed by atoms with Crippen molar-refractivity contribution in [3.63, 3.8) is 0 Å². The Labute approximate surface area is 58.9 Å². The highest BCUT2D eigenvalue weighted by molar-refractivity contribution is 6.64. The zero-order chi connectivity index (χ0) is 6.69. The molecule has 1 aliphatic heterocycles. The maximum absolute atomic E-state index is 10.5. The molecular weight excluding hydrogens is 138 g/mol. The average molecular weight is 146 g/mol. The molecule has 0 amide bonds. The molecule has 0 bridgehead atoms.